The van der Waals surface area contributed by atoms with Gasteiger partial charge >= 0.3 is 5.97 Å². The van der Waals surface area contributed by atoms with Gasteiger partial charge in [0.1, 0.15) is 0 Å². The number of hydrogen-bond acceptors (Lipinski definition) is 2. The highest BCUT2D eigenvalue weighted by atomic mass is 16.4. The summed E-state index contributed by atoms with van der Waals surface area (Å²) >= 11 is 0. The van der Waals surface area contributed by atoms with Crippen molar-refractivity contribution in [1.29, 1.82) is 0 Å². The molecule has 5 aliphatic rings. The molecule has 1 aromatic carbocycles. The van der Waals surface area contributed by atoms with Crippen LogP contribution in [0.3, 0.4) is 0 Å². The van der Waals surface area contributed by atoms with Gasteiger partial charge in [-0.1, -0.05) is 29.8 Å². The fourth-order valence-electron chi connectivity index (χ4n) is 7.24. The molecule has 4 nitrogen and oxygen atoms in total. The van der Waals surface area contributed by atoms with Crippen LogP contribution >= 0.6 is 0 Å². The average Bonchev–Trinajstić information content (AvgIpc) is 3.10. The normalized spacial score (nSPS) is 39.7. The van der Waals surface area contributed by atoms with Gasteiger partial charge in [-0.05, 0) is 74.7 Å². The molecular weight excluding hydrogens is 338 g/mol. The van der Waals surface area contributed by atoms with Crippen LogP contribution in [0, 0.1) is 30.1 Å². The third kappa shape index (κ3) is 2.63. The maximum atomic E-state index is 13.6. The van der Waals surface area contributed by atoms with Gasteiger partial charge in [0, 0.05) is 13.1 Å². The first-order valence-electron chi connectivity index (χ1n) is 10.5. The van der Waals surface area contributed by atoms with Crippen LogP contribution in [0.25, 0.3) is 0 Å². The van der Waals surface area contributed by atoms with Gasteiger partial charge in [-0.3, -0.25) is 9.59 Å². The smallest absolute Gasteiger partial charge is 0.308 e. The van der Waals surface area contributed by atoms with Gasteiger partial charge in [0.05, 0.1) is 11.3 Å². The van der Waals surface area contributed by atoms with Crippen molar-refractivity contribution in [3.05, 3.63) is 35.4 Å². The number of carboxylic acids is 1. The van der Waals surface area contributed by atoms with E-state index >= 15 is 0 Å². The minimum absolute atomic E-state index is 0.152. The molecule has 4 bridgehead atoms. The first-order valence-corrected chi connectivity index (χ1v) is 10.5. The molecule has 27 heavy (non-hydrogen) atoms. The molecule has 6 rings (SSSR count). The van der Waals surface area contributed by atoms with E-state index in [-0.39, 0.29) is 22.7 Å². The predicted molar refractivity (Wildman–Crippen MR) is 102 cm³/mol. The number of likely N-dealkylation sites (tertiary alicyclic amines) is 1. The maximum absolute atomic E-state index is 13.6. The lowest BCUT2D eigenvalue weighted by molar-refractivity contribution is -0.159. The average molecular weight is 367 g/mol. The second-order valence-corrected chi connectivity index (χ2v) is 9.96. The van der Waals surface area contributed by atoms with E-state index in [4.69, 9.17) is 0 Å². The van der Waals surface area contributed by atoms with Crippen molar-refractivity contribution in [3.63, 3.8) is 0 Å². The Hall–Kier alpha value is -1.84. The molecule has 4 heteroatoms. The van der Waals surface area contributed by atoms with Gasteiger partial charge in [0.2, 0.25) is 5.91 Å². The molecule has 1 amide bonds. The lowest BCUT2D eigenvalue weighted by atomic mass is 9.42. The zero-order valence-electron chi connectivity index (χ0n) is 16.1. The molecule has 3 atom stereocenters. The Morgan fingerprint density at radius 3 is 2.33 bits per heavy atom. The summed E-state index contributed by atoms with van der Waals surface area (Å²) in [6.07, 6.45) is 7.32. The first kappa shape index (κ1) is 17.3. The zero-order chi connectivity index (χ0) is 18.8. The molecule has 1 N–H and O–H groups in total. The zero-order valence-corrected chi connectivity index (χ0v) is 16.1. The number of aryl methyl sites for hydroxylation is 1. The number of carboxylic acid groups (broad SMARTS) is 1. The molecule has 3 unspecified atom stereocenters. The molecule has 0 aromatic heterocycles. The van der Waals surface area contributed by atoms with Gasteiger partial charge < -0.3 is 10.0 Å². The van der Waals surface area contributed by atoms with Crippen LogP contribution in [0.2, 0.25) is 0 Å². The quantitative estimate of drug-likeness (QED) is 0.885. The number of carbonyl (C=O) groups is 2. The van der Waals surface area contributed by atoms with Crippen LogP contribution < -0.4 is 0 Å². The number of aliphatic carboxylic acids is 1. The van der Waals surface area contributed by atoms with Gasteiger partial charge in [-0.2, -0.15) is 0 Å². The SMILES string of the molecule is Cc1ccc(C23CC4CC(CC(C(=O)N5CCC(C(=O)O)C5)(C4)C2)C3)cc1. The summed E-state index contributed by atoms with van der Waals surface area (Å²) in [6.45, 7) is 3.15. The van der Waals surface area contributed by atoms with Crippen molar-refractivity contribution in [3.8, 4) is 0 Å². The van der Waals surface area contributed by atoms with Gasteiger partial charge in [-0.25, -0.2) is 0 Å². The molecule has 0 spiro atoms. The molecular formula is C23H29NO3. The number of amides is 1. The van der Waals surface area contributed by atoms with Crippen LogP contribution in [0.5, 0.6) is 0 Å². The Balaban J connectivity index is 1.46. The Kier molecular flexibility index (Phi) is 3.73. The Morgan fingerprint density at radius 1 is 1.07 bits per heavy atom. The summed E-state index contributed by atoms with van der Waals surface area (Å²) in [5.41, 5.74) is 2.61. The van der Waals surface area contributed by atoms with Crippen molar-refractivity contribution >= 4 is 11.9 Å². The van der Waals surface area contributed by atoms with Crippen LogP contribution in [0.15, 0.2) is 24.3 Å². The van der Waals surface area contributed by atoms with Gasteiger partial charge in [-0.15, -0.1) is 0 Å². The van der Waals surface area contributed by atoms with Gasteiger partial charge in [0.25, 0.3) is 0 Å². The van der Waals surface area contributed by atoms with E-state index in [1.165, 1.54) is 30.4 Å². The van der Waals surface area contributed by atoms with E-state index in [1.807, 2.05) is 4.90 Å². The summed E-state index contributed by atoms with van der Waals surface area (Å²) in [5, 5.41) is 9.32. The van der Waals surface area contributed by atoms with E-state index in [9.17, 15) is 14.7 Å². The maximum Gasteiger partial charge on any atom is 0.308 e. The molecule has 1 saturated heterocycles. The highest BCUT2D eigenvalue weighted by Crippen LogP contribution is 2.66. The molecule has 144 valence electrons. The lowest BCUT2D eigenvalue weighted by Crippen LogP contribution is -2.59. The van der Waals surface area contributed by atoms with Crippen molar-refractivity contribution in [1.82, 2.24) is 4.90 Å². The van der Waals surface area contributed by atoms with E-state index in [1.54, 1.807) is 0 Å². The minimum atomic E-state index is -0.757. The molecule has 0 radical (unpaired) electrons. The number of hydrogen-bond donors (Lipinski definition) is 1. The van der Waals surface area contributed by atoms with E-state index in [2.05, 4.69) is 31.2 Å². The molecule has 1 aromatic rings. The van der Waals surface area contributed by atoms with Crippen LogP contribution in [0.4, 0.5) is 0 Å². The Bertz CT molecular complexity index is 769. The summed E-state index contributed by atoms with van der Waals surface area (Å²) in [7, 11) is 0. The molecule has 1 heterocycles. The Morgan fingerprint density at radius 2 is 1.74 bits per heavy atom. The van der Waals surface area contributed by atoms with Crippen molar-refractivity contribution in [2.24, 2.45) is 23.2 Å². The largest absolute Gasteiger partial charge is 0.481 e. The molecule has 4 aliphatic carbocycles. The third-order valence-electron chi connectivity index (χ3n) is 8.00. The summed E-state index contributed by atoms with van der Waals surface area (Å²) < 4.78 is 0. The van der Waals surface area contributed by atoms with Crippen molar-refractivity contribution in [2.45, 2.75) is 57.3 Å². The number of carbonyl (C=O) groups excluding carboxylic acids is 1. The van der Waals surface area contributed by atoms with E-state index in [0.717, 1.165) is 19.3 Å². The van der Waals surface area contributed by atoms with Crippen LogP contribution in [-0.4, -0.2) is 35.0 Å². The summed E-state index contributed by atoms with van der Waals surface area (Å²) in [6, 6.07) is 8.99. The Labute approximate surface area is 160 Å². The summed E-state index contributed by atoms with van der Waals surface area (Å²) in [4.78, 5) is 26.9. The fourth-order valence-corrected chi connectivity index (χ4v) is 7.24. The monoisotopic (exact) mass is 367 g/mol. The second-order valence-electron chi connectivity index (χ2n) is 9.96. The summed E-state index contributed by atoms with van der Waals surface area (Å²) in [5.74, 6) is 0.418. The highest BCUT2D eigenvalue weighted by molar-refractivity contribution is 5.85. The van der Waals surface area contributed by atoms with E-state index in [0.29, 0.717) is 31.3 Å². The van der Waals surface area contributed by atoms with Crippen LogP contribution in [0.1, 0.15) is 56.1 Å². The van der Waals surface area contributed by atoms with E-state index < -0.39 is 5.97 Å². The topological polar surface area (TPSA) is 57.6 Å². The number of benzene rings is 1. The first-order chi connectivity index (χ1) is 12.9. The number of nitrogens with zero attached hydrogens (tertiary/aromatic N) is 1. The van der Waals surface area contributed by atoms with Crippen LogP contribution in [-0.2, 0) is 15.0 Å². The lowest BCUT2D eigenvalue weighted by Gasteiger charge is -2.62. The highest BCUT2D eigenvalue weighted by Gasteiger charge is 2.61. The predicted octanol–water partition coefficient (Wildman–Crippen LogP) is 3.77. The van der Waals surface area contributed by atoms with Crippen molar-refractivity contribution < 1.29 is 14.7 Å². The van der Waals surface area contributed by atoms with Gasteiger partial charge in [0.15, 0.2) is 0 Å². The molecule has 1 aliphatic heterocycles. The third-order valence-corrected chi connectivity index (χ3v) is 8.00. The number of rotatable bonds is 3. The van der Waals surface area contributed by atoms with Crippen molar-refractivity contribution in [2.75, 3.05) is 13.1 Å². The standard InChI is InChI=1S/C23H29NO3/c1-15-2-4-19(5-3-15)22-9-16-8-17(10-22)12-23(11-16,14-22)21(27)24-7-6-18(13-24)20(25)26/h2-5,16-18H,6-14H2,1H3,(H,25,26). The second kappa shape index (κ2) is 5.83. The molecule has 4 saturated carbocycles. The molecule has 5 fully saturated rings. The fraction of sp³-hybridized carbons (Fsp3) is 0.652. The minimum Gasteiger partial charge on any atom is -0.481 e.